The number of rotatable bonds is 6. The second kappa shape index (κ2) is 9.85. The van der Waals surface area contributed by atoms with Crippen LogP contribution in [0.1, 0.15) is 38.2 Å². The molecular formula is C24H30F2N4. The van der Waals surface area contributed by atoms with Crippen LogP contribution in [0, 0.1) is 11.6 Å². The van der Waals surface area contributed by atoms with Crippen LogP contribution in [0.4, 0.5) is 14.5 Å². The average molecular weight is 413 g/mol. The average Bonchev–Trinajstić information content (AvgIpc) is 2.75. The van der Waals surface area contributed by atoms with Crippen molar-refractivity contribution in [1.82, 2.24) is 10.6 Å². The lowest BCUT2D eigenvalue weighted by molar-refractivity contribution is 0.331. The second-order valence-corrected chi connectivity index (χ2v) is 7.64. The standard InChI is InChI=1S/C24H30F2N4/c1-5-16-14-17(23-20(25)11-13-22(28-4)24(23)26)6-12-21(16)30-15(2)29-19-9-7-18(27-3)8-10-19/h5-6,11-14,18-19,27-29H,2,7-10H2,1,3-4H3/b16-5-,30-21-. The number of hydrogen-bond acceptors (Lipinski definition) is 4. The third kappa shape index (κ3) is 4.87. The molecule has 0 aliphatic heterocycles. The highest BCUT2D eigenvalue weighted by Crippen LogP contribution is 2.31. The summed E-state index contributed by atoms with van der Waals surface area (Å²) < 4.78 is 29.1. The van der Waals surface area contributed by atoms with Crippen molar-refractivity contribution in [2.24, 2.45) is 4.99 Å². The molecule has 1 saturated carbocycles. The van der Waals surface area contributed by atoms with Crippen molar-refractivity contribution in [3.8, 4) is 0 Å². The van der Waals surface area contributed by atoms with E-state index in [2.05, 4.69) is 27.5 Å². The summed E-state index contributed by atoms with van der Waals surface area (Å²) in [6.45, 7) is 5.93. The zero-order valence-corrected chi connectivity index (χ0v) is 17.9. The van der Waals surface area contributed by atoms with Gasteiger partial charge < -0.3 is 16.0 Å². The number of benzene rings is 1. The van der Waals surface area contributed by atoms with E-state index in [9.17, 15) is 8.78 Å². The molecule has 0 radical (unpaired) electrons. The lowest BCUT2D eigenvalue weighted by Crippen LogP contribution is -2.38. The van der Waals surface area contributed by atoms with Crippen LogP contribution >= 0.6 is 0 Å². The fourth-order valence-electron chi connectivity index (χ4n) is 3.99. The molecule has 3 N–H and O–H groups in total. The van der Waals surface area contributed by atoms with Crippen LogP contribution in [-0.2, 0) is 0 Å². The van der Waals surface area contributed by atoms with Gasteiger partial charge in [0.2, 0.25) is 0 Å². The normalized spacial score (nSPS) is 24.1. The van der Waals surface area contributed by atoms with Crippen molar-refractivity contribution < 1.29 is 8.78 Å². The molecule has 6 heteroatoms. The lowest BCUT2D eigenvalue weighted by Gasteiger charge is -2.29. The Bertz CT molecular complexity index is 919. The first-order valence-corrected chi connectivity index (χ1v) is 10.4. The van der Waals surface area contributed by atoms with Gasteiger partial charge in [-0.15, -0.1) is 0 Å². The van der Waals surface area contributed by atoms with Gasteiger partial charge in [0.05, 0.1) is 17.0 Å². The highest BCUT2D eigenvalue weighted by Gasteiger charge is 2.21. The molecule has 3 rings (SSSR count). The molecule has 160 valence electrons. The summed E-state index contributed by atoms with van der Waals surface area (Å²) in [5.74, 6) is -0.595. The first-order valence-electron chi connectivity index (χ1n) is 10.4. The van der Waals surface area contributed by atoms with Gasteiger partial charge in [-0.1, -0.05) is 18.7 Å². The Labute approximate surface area is 177 Å². The van der Waals surface area contributed by atoms with Crippen LogP contribution in [0.15, 0.2) is 59.4 Å². The SMILES string of the molecule is C=C(/N=C1/C=CC(c2c(F)ccc(NC)c2F)=C/C1=C/C)NC1CCC(NC)CC1. The minimum Gasteiger partial charge on any atom is -0.386 e. The molecule has 0 bridgehead atoms. The predicted molar refractivity (Wildman–Crippen MR) is 122 cm³/mol. The van der Waals surface area contributed by atoms with E-state index in [0.29, 0.717) is 29.2 Å². The van der Waals surface area contributed by atoms with Gasteiger partial charge in [-0.2, -0.15) is 0 Å². The van der Waals surface area contributed by atoms with E-state index in [-0.39, 0.29) is 11.3 Å². The van der Waals surface area contributed by atoms with Crippen LogP contribution in [-0.4, -0.2) is 31.9 Å². The van der Waals surface area contributed by atoms with Gasteiger partial charge in [0, 0.05) is 19.1 Å². The molecule has 1 fully saturated rings. The molecule has 4 nitrogen and oxygen atoms in total. The van der Waals surface area contributed by atoms with Crippen LogP contribution in [0.3, 0.4) is 0 Å². The van der Waals surface area contributed by atoms with Gasteiger partial charge in [-0.05, 0) is 75.1 Å². The van der Waals surface area contributed by atoms with Gasteiger partial charge in [0.25, 0.3) is 0 Å². The number of hydrogen-bond donors (Lipinski definition) is 3. The van der Waals surface area contributed by atoms with Gasteiger partial charge >= 0.3 is 0 Å². The van der Waals surface area contributed by atoms with Crippen molar-refractivity contribution in [3.05, 3.63) is 71.6 Å². The molecular weight excluding hydrogens is 382 g/mol. The van der Waals surface area contributed by atoms with E-state index in [1.54, 1.807) is 25.3 Å². The fourth-order valence-corrected chi connectivity index (χ4v) is 3.99. The van der Waals surface area contributed by atoms with Crippen molar-refractivity contribution >= 4 is 17.0 Å². The van der Waals surface area contributed by atoms with Crippen molar-refractivity contribution in [1.29, 1.82) is 0 Å². The van der Waals surface area contributed by atoms with E-state index in [1.807, 2.05) is 20.0 Å². The molecule has 0 saturated heterocycles. The number of anilines is 1. The van der Waals surface area contributed by atoms with E-state index in [0.717, 1.165) is 31.3 Å². The largest absolute Gasteiger partial charge is 0.386 e. The molecule has 0 heterocycles. The molecule has 0 aromatic heterocycles. The first-order chi connectivity index (χ1) is 14.5. The van der Waals surface area contributed by atoms with Gasteiger partial charge in [-0.3, -0.25) is 0 Å². The van der Waals surface area contributed by atoms with Crippen molar-refractivity contribution in [2.75, 3.05) is 19.4 Å². The number of aliphatic imine (C=N–C) groups is 1. The topological polar surface area (TPSA) is 48.5 Å². The Morgan fingerprint density at radius 3 is 2.43 bits per heavy atom. The fraction of sp³-hybridized carbons (Fsp3) is 0.375. The smallest absolute Gasteiger partial charge is 0.157 e. The summed E-state index contributed by atoms with van der Waals surface area (Å²) in [5.41, 5.74) is 2.19. The quantitative estimate of drug-likeness (QED) is 0.620. The highest BCUT2D eigenvalue weighted by atomic mass is 19.1. The summed E-state index contributed by atoms with van der Waals surface area (Å²) in [6, 6.07) is 3.62. The van der Waals surface area contributed by atoms with Gasteiger partial charge in [0.1, 0.15) is 11.6 Å². The van der Waals surface area contributed by atoms with Crippen molar-refractivity contribution in [3.63, 3.8) is 0 Å². The molecule has 30 heavy (non-hydrogen) atoms. The maximum Gasteiger partial charge on any atom is 0.157 e. The summed E-state index contributed by atoms with van der Waals surface area (Å²) in [4.78, 5) is 4.62. The lowest BCUT2D eigenvalue weighted by atomic mass is 9.91. The molecule has 0 amide bonds. The monoisotopic (exact) mass is 412 g/mol. The molecule has 0 unspecified atom stereocenters. The maximum absolute atomic E-state index is 14.7. The van der Waals surface area contributed by atoms with Gasteiger partial charge in [-0.25, -0.2) is 13.8 Å². The zero-order valence-electron chi connectivity index (χ0n) is 17.9. The summed E-state index contributed by atoms with van der Waals surface area (Å²) >= 11 is 0. The Hall–Kier alpha value is -2.73. The minimum atomic E-state index is -0.604. The van der Waals surface area contributed by atoms with E-state index in [4.69, 9.17) is 0 Å². The molecule has 2 aliphatic carbocycles. The minimum absolute atomic E-state index is 0.0465. The summed E-state index contributed by atoms with van der Waals surface area (Å²) in [7, 11) is 3.61. The first kappa shape index (κ1) is 22.0. The Kier molecular flexibility index (Phi) is 7.21. The molecule has 2 aliphatic rings. The zero-order chi connectivity index (χ0) is 21.7. The van der Waals surface area contributed by atoms with E-state index >= 15 is 0 Å². The van der Waals surface area contributed by atoms with Crippen LogP contribution in [0.5, 0.6) is 0 Å². The number of nitrogens with zero attached hydrogens (tertiary/aromatic N) is 1. The van der Waals surface area contributed by atoms with Crippen LogP contribution in [0.25, 0.3) is 5.57 Å². The number of nitrogens with one attached hydrogen (secondary N) is 3. The third-order valence-corrected chi connectivity index (χ3v) is 5.75. The Balaban J connectivity index is 1.76. The summed E-state index contributed by atoms with van der Waals surface area (Å²) in [5, 5.41) is 9.50. The van der Waals surface area contributed by atoms with E-state index in [1.165, 1.54) is 12.1 Å². The van der Waals surface area contributed by atoms with Crippen LogP contribution < -0.4 is 16.0 Å². The molecule has 0 spiro atoms. The second-order valence-electron chi connectivity index (χ2n) is 7.64. The molecule has 0 atom stereocenters. The molecule has 1 aromatic rings. The van der Waals surface area contributed by atoms with Gasteiger partial charge in [0.15, 0.2) is 5.82 Å². The predicted octanol–water partition coefficient (Wildman–Crippen LogP) is 4.94. The summed E-state index contributed by atoms with van der Waals surface area (Å²) in [6.07, 6.45) is 11.5. The highest BCUT2D eigenvalue weighted by molar-refractivity contribution is 6.15. The van der Waals surface area contributed by atoms with E-state index < -0.39 is 11.6 Å². The van der Waals surface area contributed by atoms with Crippen molar-refractivity contribution in [2.45, 2.75) is 44.7 Å². The Morgan fingerprint density at radius 1 is 1.10 bits per heavy atom. The third-order valence-electron chi connectivity index (χ3n) is 5.75. The maximum atomic E-state index is 14.7. The Morgan fingerprint density at radius 2 is 1.80 bits per heavy atom. The van der Waals surface area contributed by atoms with Crippen LogP contribution in [0.2, 0.25) is 0 Å². The molecule has 1 aromatic carbocycles. The number of halogens is 2. The number of allylic oxidation sites excluding steroid dienone is 6.